The van der Waals surface area contributed by atoms with Gasteiger partial charge in [0.2, 0.25) is 0 Å². The van der Waals surface area contributed by atoms with Crippen molar-refractivity contribution in [2.24, 2.45) is 4.99 Å². The Kier molecular flexibility index (Phi) is 3.72. The molecule has 4 aromatic rings. The summed E-state index contributed by atoms with van der Waals surface area (Å²) < 4.78 is 5.45. The van der Waals surface area contributed by atoms with Gasteiger partial charge < -0.3 is 4.74 Å². The third-order valence-electron chi connectivity index (χ3n) is 4.22. The van der Waals surface area contributed by atoms with Crippen LogP contribution in [0, 0.1) is 0 Å². The molecule has 0 spiro atoms. The van der Waals surface area contributed by atoms with Gasteiger partial charge in [0.25, 0.3) is 0 Å². The molecule has 4 rings (SSSR count). The maximum absolute atomic E-state index is 5.45. The number of ether oxygens (including phenoxy) is 1. The highest BCUT2D eigenvalue weighted by molar-refractivity contribution is 6.03. The molecular formula is C22H17NO. The molecule has 2 heteroatoms. The Bertz CT molecular complexity index is 1050. The SMILES string of the molecule is COc1ccc(C=Nc2ccc3ccccc3c2)c2ccccc12. The normalized spacial score (nSPS) is 11.4. The van der Waals surface area contributed by atoms with Gasteiger partial charge in [0.05, 0.1) is 12.8 Å². The van der Waals surface area contributed by atoms with E-state index in [9.17, 15) is 0 Å². The highest BCUT2D eigenvalue weighted by Crippen LogP contribution is 2.28. The van der Waals surface area contributed by atoms with Crippen LogP contribution in [0.3, 0.4) is 0 Å². The maximum atomic E-state index is 5.45. The lowest BCUT2D eigenvalue weighted by molar-refractivity contribution is 0.420. The largest absolute Gasteiger partial charge is 0.496 e. The number of fused-ring (bicyclic) bond motifs is 2. The molecule has 0 aliphatic heterocycles. The number of benzene rings is 4. The minimum Gasteiger partial charge on any atom is -0.496 e. The molecular weight excluding hydrogens is 294 g/mol. The first-order chi connectivity index (χ1) is 11.8. The Labute approximate surface area is 141 Å². The standard InChI is InChI=1S/C22H17NO/c1-24-22-13-11-18(20-8-4-5-9-21(20)22)15-23-19-12-10-16-6-2-3-7-17(16)14-19/h2-15H,1H3. The van der Waals surface area contributed by atoms with Gasteiger partial charge in [-0.25, -0.2) is 0 Å². The summed E-state index contributed by atoms with van der Waals surface area (Å²) in [6, 6.07) is 26.8. The number of rotatable bonds is 3. The topological polar surface area (TPSA) is 21.6 Å². The summed E-state index contributed by atoms with van der Waals surface area (Å²) in [5, 5.41) is 4.67. The van der Waals surface area contributed by atoms with E-state index in [4.69, 9.17) is 4.74 Å². The lowest BCUT2D eigenvalue weighted by atomic mass is 10.0. The van der Waals surface area contributed by atoms with Crippen molar-refractivity contribution in [1.82, 2.24) is 0 Å². The van der Waals surface area contributed by atoms with E-state index in [0.717, 1.165) is 27.8 Å². The summed E-state index contributed by atoms with van der Waals surface area (Å²) in [7, 11) is 1.70. The fourth-order valence-electron chi connectivity index (χ4n) is 2.99. The molecule has 2 nitrogen and oxygen atoms in total. The first kappa shape index (κ1) is 14.5. The molecule has 0 unspecified atom stereocenters. The fraction of sp³-hybridized carbons (Fsp3) is 0.0455. The second kappa shape index (κ2) is 6.17. The number of aliphatic imine (C=N–C) groups is 1. The summed E-state index contributed by atoms with van der Waals surface area (Å²) in [5.41, 5.74) is 2.04. The smallest absolute Gasteiger partial charge is 0.126 e. The first-order valence-electron chi connectivity index (χ1n) is 7.94. The Morgan fingerprint density at radius 3 is 2.33 bits per heavy atom. The first-order valence-corrected chi connectivity index (χ1v) is 7.94. The second-order valence-corrected chi connectivity index (χ2v) is 5.69. The van der Waals surface area contributed by atoms with Crippen LogP contribution in [-0.4, -0.2) is 13.3 Å². The summed E-state index contributed by atoms with van der Waals surface area (Å²) in [6.45, 7) is 0. The van der Waals surface area contributed by atoms with Gasteiger partial charge in [0.15, 0.2) is 0 Å². The molecule has 0 atom stereocenters. The number of methoxy groups -OCH3 is 1. The molecule has 0 saturated heterocycles. The van der Waals surface area contributed by atoms with Crippen LogP contribution in [-0.2, 0) is 0 Å². The number of nitrogens with zero attached hydrogens (tertiary/aromatic N) is 1. The number of hydrogen-bond acceptors (Lipinski definition) is 2. The molecule has 0 aromatic heterocycles. The Balaban J connectivity index is 1.76. The quantitative estimate of drug-likeness (QED) is 0.441. The molecule has 0 bridgehead atoms. The molecule has 0 fully saturated rings. The molecule has 0 saturated carbocycles. The van der Waals surface area contributed by atoms with Crippen LogP contribution < -0.4 is 4.74 Å². The number of hydrogen-bond donors (Lipinski definition) is 0. The molecule has 4 aromatic carbocycles. The highest BCUT2D eigenvalue weighted by Gasteiger charge is 2.04. The van der Waals surface area contributed by atoms with Crippen molar-refractivity contribution < 1.29 is 4.74 Å². The zero-order valence-corrected chi connectivity index (χ0v) is 13.4. The van der Waals surface area contributed by atoms with E-state index in [-0.39, 0.29) is 0 Å². The van der Waals surface area contributed by atoms with Crippen molar-refractivity contribution in [1.29, 1.82) is 0 Å². The third kappa shape index (κ3) is 2.63. The Morgan fingerprint density at radius 2 is 1.50 bits per heavy atom. The van der Waals surface area contributed by atoms with Crippen molar-refractivity contribution in [2.75, 3.05) is 7.11 Å². The minimum absolute atomic E-state index is 0.883. The van der Waals surface area contributed by atoms with E-state index in [1.54, 1.807) is 7.11 Å². The molecule has 24 heavy (non-hydrogen) atoms. The van der Waals surface area contributed by atoms with Crippen molar-refractivity contribution in [3.05, 3.63) is 84.4 Å². The van der Waals surface area contributed by atoms with Crippen LogP contribution in [0.15, 0.2) is 83.9 Å². The van der Waals surface area contributed by atoms with Crippen molar-refractivity contribution in [2.45, 2.75) is 0 Å². The lowest BCUT2D eigenvalue weighted by Crippen LogP contribution is -1.89. The van der Waals surface area contributed by atoms with Crippen LogP contribution in [0.1, 0.15) is 5.56 Å². The lowest BCUT2D eigenvalue weighted by Gasteiger charge is -2.07. The summed E-state index contributed by atoms with van der Waals surface area (Å²) in [6.07, 6.45) is 1.92. The van der Waals surface area contributed by atoms with Gasteiger partial charge >= 0.3 is 0 Å². The minimum atomic E-state index is 0.883. The monoisotopic (exact) mass is 311 g/mol. The van der Waals surface area contributed by atoms with Crippen molar-refractivity contribution >= 4 is 33.4 Å². The molecule has 0 aliphatic carbocycles. The van der Waals surface area contributed by atoms with E-state index in [0.29, 0.717) is 0 Å². The van der Waals surface area contributed by atoms with E-state index in [2.05, 4.69) is 47.5 Å². The molecule has 116 valence electrons. The predicted octanol–water partition coefficient (Wildman–Crippen LogP) is 5.75. The van der Waals surface area contributed by atoms with E-state index >= 15 is 0 Å². The van der Waals surface area contributed by atoms with Gasteiger partial charge in [0, 0.05) is 17.2 Å². The van der Waals surface area contributed by atoms with Crippen LogP contribution in [0.4, 0.5) is 5.69 Å². The highest BCUT2D eigenvalue weighted by atomic mass is 16.5. The van der Waals surface area contributed by atoms with Crippen molar-refractivity contribution in [3.8, 4) is 5.75 Å². The molecule has 0 aliphatic rings. The zero-order valence-electron chi connectivity index (χ0n) is 13.4. The molecule has 0 heterocycles. The van der Waals surface area contributed by atoms with E-state index < -0.39 is 0 Å². The Hall–Kier alpha value is -3.13. The van der Waals surface area contributed by atoms with Crippen molar-refractivity contribution in [3.63, 3.8) is 0 Å². The third-order valence-corrected chi connectivity index (χ3v) is 4.22. The molecule has 0 amide bonds. The van der Waals surface area contributed by atoms with E-state index in [1.165, 1.54) is 10.8 Å². The zero-order chi connectivity index (χ0) is 16.4. The molecule has 0 N–H and O–H groups in total. The van der Waals surface area contributed by atoms with Gasteiger partial charge in [-0.3, -0.25) is 4.99 Å². The predicted molar refractivity (Wildman–Crippen MR) is 102 cm³/mol. The van der Waals surface area contributed by atoms with Crippen LogP contribution in [0.25, 0.3) is 21.5 Å². The summed E-state index contributed by atoms with van der Waals surface area (Å²) in [4.78, 5) is 4.67. The van der Waals surface area contributed by atoms with Crippen LogP contribution >= 0.6 is 0 Å². The van der Waals surface area contributed by atoms with Crippen LogP contribution in [0.5, 0.6) is 5.75 Å². The summed E-state index contributed by atoms with van der Waals surface area (Å²) >= 11 is 0. The van der Waals surface area contributed by atoms with E-state index in [1.807, 2.05) is 42.6 Å². The van der Waals surface area contributed by atoms with Crippen LogP contribution in [0.2, 0.25) is 0 Å². The van der Waals surface area contributed by atoms with Gasteiger partial charge in [-0.15, -0.1) is 0 Å². The maximum Gasteiger partial charge on any atom is 0.126 e. The van der Waals surface area contributed by atoms with Gasteiger partial charge in [-0.2, -0.15) is 0 Å². The fourth-order valence-corrected chi connectivity index (χ4v) is 2.99. The second-order valence-electron chi connectivity index (χ2n) is 5.69. The van der Waals surface area contributed by atoms with Gasteiger partial charge in [0.1, 0.15) is 5.75 Å². The average molecular weight is 311 g/mol. The Morgan fingerprint density at radius 1 is 0.750 bits per heavy atom. The molecule has 0 radical (unpaired) electrons. The van der Waals surface area contributed by atoms with Gasteiger partial charge in [-0.1, -0.05) is 54.6 Å². The van der Waals surface area contributed by atoms with Gasteiger partial charge in [-0.05, 0) is 40.4 Å². The summed E-state index contributed by atoms with van der Waals surface area (Å²) in [5.74, 6) is 0.883. The average Bonchev–Trinajstić information content (AvgIpc) is 2.66.